The number of carbonyl (C=O) groups is 1. The van der Waals surface area contributed by atoms with E-state index in [0.29, 0.717) is 5.92 Å². The van der Waals surface area contributed by atoms with E-state index in [2.05, 4.69) is 19.2 Å². The summed E-state index contributed by atoms with van der Waals surface area (Å²) in [5.41, 5.74) is 0. The summed E-state index contributed by atoms with van der Waals surface area (Å²) < 4.78 is 0. The van der Waals surface area contributed by atoms with E-state index in [1.54, 1.807) is 0 Å². The van der Waals surface area contributed by atoms with E-state index in [9.17, 15) is 4.79 Å². The zero-order chi connectivity index (χ0) is 10.4. The first-order valence-corrected chi connectivity index (χ1v) is 5.98. The van der Waals surface area contributed by atoms with Gasteiger partial charge >= 0.3 is 0 Å². The van der Waals surface area contributed by atoms with Crippen LogP contribution >= 0.6 is 0 Å². The van der Waals surface area contributed by atoms with E-state index in [0.717, 1.165) is 31.7 Å². The van der Waals surface area contributed by atoms with E-state index in [-0.39, 0.29) is 5.91 Å². The van der Waals surface area contributed by atoms with Crippen molar-refractivity contribution in [1.29, 1.82) is 0 Å². The van der Waals surface area contributed by atoms with Crippen LogP contribution in [-0.2, 0) is 4.79 Å². The summed E-state index contributed by atoms with van der Waals surface area (Å²) >= 11 is 0. The SMILES string of the molecule is CC(C)CCCCCNC(=O)C1CC1. The molecule has 0 aromatic rings. The average Bonchev–Trinajstić information content (AvgIpc) is 2.92. The molecule has 1 aliphatic rings. The predicted octanol–water partition coefficient (Wildman–Crippen LogP) is 2.73. The molecule has 0 unspecified atom stereocenters. The summed E-state index contributed by atoms with van der Waals surface area (Å²) in [7, 11) is 0. The molecule has 0 bridgehead atoms. The summed E-state index contributed by atoms with van der Waals surface area (Å²) in [5.74, 6) is 1.47. The van der Waals surface area contributed by atoms with Crippen molar-refractivity contribution in [2.45, 2.75) is 52.4 Å². The van der Waals surface area contributed by atoms with Crippen LogP contribution in [0.1, 0.15) is 52.4 Å². The van der Waals surface area contributed by atoms with Gasteiger partial charge in [0.25, 0.3) is 0 Å². The first kappa shape index (κ1) is 11.5. The number of hydrogen-bond acceptors (Lipinski definition) is 1. The minimum Gasteiger partial charge on any atom is -0.356 e. The Hall–Kier alpha value is -0.530. The molecule has 0 aromatic carbocycles. The molecule has 0 spiro atoms. The molecule has 0 heterocycles. The number of amides is 1. The van der Waals surface area contributed by atoms with E-state index in [4.69, 9.17) is 0 Å². The molecule has 0 saturated heterocycles. The highest BCUT2D eigenvalue weighted by Gasteiger charge is 2.28. The molecule has 0 radical (unpaired) electrons. The number of carbonyl (C=O) groups excluding carboxylic acids is 1. The lowest BCUT2D eigenvalue weighted by atomic mass is 10.1. The highest BCUT2D eigenvalue weighted by Crippen LogP contribution is 2.28. The van der Waals surface area contributed by atoms with Crippen LogP contribution in [0.2, 0.25) is 0 Å². The fourth-order valence-corrected chi connectivity index (χ4v) is 1.56. The average molecular weight is 197 g/mol. The van der Waals surface area contributed by atoms with Crippen molar-refractivity contribution in [2.75, 3.05) is 6.54 Å². The Kier molecular flexibility index (Phi) is 4.99. The Morgan fingerprint density at radius 2 is 2.00 bits per heavy atom. The largest absolute Gasteiger partial charge is 0.356 e. The van der Waals surface area contributed by atoms with Crippen LogP contribution in [0.4, 0.5) is 0 Å². The summed E-state index contributed by atoms with van der Waals surface area (Å²) in [5, 5.41) is 2.99. The normalized spacial score (nSPS) is 15.9. The second-order valence-corrected chi connectivity index (χ2v) is 4.81. The zero-order valence-electron chi connectivity index (χ0n) is 9.51. The predicted molar refractivity (Wildman–Crippen MR) is 59.0 cm³/mol. The van der Waals surface area contributed by atoms with Crippen molar-refractivity contribution in [2.24, 2.45) is 11.8 Å². The second kappa shape index (κ2) is 6.05. The van der Waals surface area contributed by atoms with Gasteiger partial charge in [0.2, 0.25) is 5.91 Å². The standard InChI is InChI=1S/C12H23NO/c1-10(2)6-4-3-5-9-13-12(14)11-7-8-11/h10-11H,3-9H2,1-2H3,(H,13,14). The number of hydrogen-bond donors (Lipinski definition) is 1. The molecule has 14 heavy (non-hydrogen) atoms. The summed E-state index contributed by atoms with van der Waals surface area (Å²) in [6.07, 6.45) is 7.24. The maximum absolute atomic E-state index is 11.2. The van der Waals surface area contributed by atoms with Gasteiger partial charge in [0, 0.05) is 12.5 Å². The summed E-state index contributed by atoms with van der Waals surface area (Å²) in [6, 6.07) is 0. The lowest BCUT2D eigenvalue weighted by molar-refractivity contribution is -0.122. The van der Waals surface area contributed by atoms with Crippen LogP contribution in [0.25, 0.3) is 0 Å². The monoisotopic (exact) mass is 197 g/mol. The summed E-state index contributed by atoms with van der Waals surface area (Å²) in [6.45, 7) is 5.40. The van der Waals surface area contributed by atoms with Crippen LogP contribution < -0.4 is 5.32 Å². The Balaban J connectivity index is 1.81. The minimum atomic E-state index is 0.286. The molecule has 2 nitrogen and oxygen atoms in total. The molecule has 1 fully saturated rings. The Labute approximate surface area is 87.5 Å². The quantitative estimate of drug-likeness (QED) is 0.625. The Morgan fingerprint density at radius 3 is 2.57 bits per heavy atom. The van der Waals surface area contributed by atoms with Crippen molar-refractivity contribution < 1.29 is 4.79 Å². The van der Waals surface area contributed by atoms with Gasteiger partial charge in [-0.1, -0.05) is 33.1 Å². The molecule has 0 aromatic heterocycles. The highest BCUT2D eigenvalue weighted by molar-refractivity contribution is 5.80. The van der Waals surface area contributed by atoms with Crippen LogP contribution in [-0.4, -0.2) is 12.5 Å². The van der Waals surface area contributed by atoms with E-state index < -0.39 is 0 Å². The van der Waals surface area contributed by atoms with Crippen molar-refractivity contribution in [3.63, 3.8) is 0 Å². The molecule has 1 saturated carbocycles. The van der Waals surface area contributed by atoms with Gasteiger partial charge in [0.05, 0.1) is 0 Å². The van der Waals surface area contributed by atoms with Crippen molar-refractivity contribution in [3.8, 4) is 0 Å². The molecule has 1 rings (SSSR count). The molecule has 0 atom stereocenters. The van der Waals surface area contributed by atoms with Crippen LogP contribution in [0.15, 0.2) is 0 Å². The second-order valence-electron chi connectivity index (χ2n) is 4.81. The first-order chi connectivity index (χ1) is 6.70. The fourth-order valence-electron chi connectivity index (χ4n) is 1.56. The molecule has 82 valence electrons. The van der Waals surface area contributed by atoms with Gasteiger partial charge in [0.1, 0.15) is 0 Å². The minimum absolute atomic E-state index is 0.286. The molecular weight excluding hydrogens is 174 g/mol. The van der Waals surface area contributed by atoms with Gasteiger partial charge < -0.3 is 5.32 Å². The van der Waals surface area contributed by atoms with Gasteiger partial charge in [-0.2, -0.15) is 0 Å². The highest BCUT2D eigenvalue weighted by atomic mass is 16.2. The number of rotatable bonds is 7. The third-order valence-electron chi connectivity index (χ3n) is 2.71. The molecule has 1 N–H and O–H groups in total. The van der Waals surface area contributed by atoms with Crippen molar-refractivity contribution >= 4 is 5.91 Å². The third-order valence-corrected chi connectivity index (χ3v) is 2.71. The maximum atomic E-state index is 11.2. The van der Waals surface area contributed by atoms with Gasteiger partial charge in [-0.15, -0.1) is 0 Å². The topological polar surface area (TPSA) is 29.1 Å². The van der Waals surface area contributed by atoms with Crippen LogP contribution in [0.3, 0.4) is 0 Å². The molecule has 1 aliphatic carbocycles. The van der Waals surface area contributed by atoms with Gasteiger partial charge in [-0.05, 0) is 25.2 Å². The van der Waals surface area contributed by atoms with Gasteiger partial charge in [-0.25, -0.2) is 0 Å². The molecule has 0 aliphatic heterocycles. The van der Waals surface area contributed by atoms with Crippen molar-refractivity contribution in [3.05, 3.63) is 0 Å². The molecule has 1 amide bonds. The van der Waals surface area contributed by atoms with Crippen LogP contribution in [0, 0.1) is 11.8 Å². The lowest BCUT2D eigenvalue weighted by Gasteiger charge is -2.05. The summed E-state index contributed by atoms with van der Waals surface area (Å²) in [4.78, 5) is 11.2. The van der Waals surface area contributed by atoms with E-state index in [1.165, 1.54) is 19.3 Å². The van der Waals surface area contributed by atoms with Crippen LogP contribution in [0.5, 0.6) is 0 Å². The van der Waals surface area contributed by atoms with Gasteiger partial charge in [-0.3, -0.25) is 4.79 Å². The number of unbranched alkanes of at least 4 members (excludes halogenated alkanes) is 2. The zero-order valence-corrected chi connectivity index (χ0v) is 9.51. The van der Waals surface area contributed by atoms with Crippen molar-refractivity contribution in [1.82, 2.24) is 5.32 Å². The smallest absolute Gasteiger partial charge is 0.223 e. The van der Waals surface area contributed by atoms with E-state index >= 15 is 0 Å². The fraction of sp³-hybridized carbons (Fsp3) is 0.917. The van der Waals surface area contributed by atoms with Gasteiger partial charge in [0.15, 0.2) is 0 Å². The number of nitrogens with one attached hydrogen (secondary N) is 1. The lowest BCUT2D eigenvalue weighted by Crippen LogP contribution is -2.25. The Morgan fingerprint density at radius 1 is 1.29 bits per heavy atom. The first-order valence-electron chi connectivity index (χ1n) is 5.98. The van der Waals surface area contributed by atoms with E-state index in [1.807, 2.05) is 0 Å². The molecular formula is C12H23NO. The third kappa shape index (κ3) is 5.25. The molecule has 2 heteroatoms. The Bertz CT molecular complexity index is 173. The maximum Gasteiger partial charge on any atom is 0.223 e.